The van der Waals surface area contributed by atoms with Crippen LogP contribution in [0.5, 0.6) is 17.2 Å². The lowest BCUT2D eigenvalue weighted by molar-refractivity contribution is -0.130. The molecule has 0 saturated heterocycles. The van der Waals surface area contributed by atoms with E-state index in [0.29, 0.717) is 27.6 Å². The molecule has 1 heterocycles. The van der Waals surface area contributed by atoms with Gasteiger partial charge in [-0.05, 0) is 65.7 Å². The summed E-state index contributed by atoms with van der Waals surface area (Å²) >= 11 is 5.86. The minimum absolute atomic E-state index is 0.125. The fraction of sp³-hybridized carbons (Fsp3) is 0.0741. The van der Waals surface area contributed by atoms with Gasteiger partial charge in [0.1, 0.15) is 5.75 Å². The van der Waals surface area contributed by atoms with Gasteiger partial charge in [-0.25, -0.2) is 14.6 Å². The summed E-state index contributed by atoms with van der Waals surface area (Å²) in [5.74, 6) is 0.202. The normalized spacial score (nSPS) is 14.1. The molecular formula is C27H20ClNO6. The molecule has 0 spiro atoms. The zero-order chi connectivity index (χ0) is 24.8. The highest BCUT2D eigenvalue weighted by atomic mass is 35.5. The van der Waals surface area contributed by atoms with Gasteiger partial charge in [0, 0.05) is 16.7 Å². The van der Waals surface area contributed by atoms with Crippen LogP contribution in [0.15, 0.2) is 83.5 Å². The third-order valence-electron chi connectivity index (χ3n) is 4.92. The van der Waals surface area contributed by atoms with Crippen molar-refractivity contribution in [1.29, 1.82) is 0 Å². The second-order valence-corrected chi connectivity index (χ2v) is 7.72. The number of hydrogen-bond acceptors (Lipinski definition) is 7. The van der Waals surface area contributed by atoms with Gasteiger partial charge < -0.3 is 18.9 Å². The first-order valence-corrected chi connectivity index (χ1v) is 10.8. The zero-order valence-electron chi connectivity index (χ0n) is 18.9. The van der Waals surface area contributed by atoms with Gasteiger partial charge in [0.05, 0.1) is 14.2 Å². The van der Waals surface area contributed by atoms with Crippen molar-refractivity contribution in [2.24, 2.45) is 4.99 Å². The molecule has 3 aromatic carbocycles. The molecule has 0 amide bonds. The van der Waals surface area contributed by atoms with E-state index in [0.717, 1.165) is 5.56 Å². The van der Waals surface area contributed by atoms with E-state index in [-0.39, 0.29) is 17.3 Å². The first kappa shape index (κ1) is 23.8. The largest absolute Gasteiger partial charge is 0.497 e. The first-order valence-electron chi connectivity index (χ1n) is 10.5. The Bertz CT molecular complexity index is 1360. The number of rotatable bonds is 7. The molecule has 0 aliphatic carbocycles. The van der Waals surface area contributed by atoms with Gasteiger partial charge in [0.25, 0.3) is 0 Å². The lowest BCUT2D eigenvalue weighted by Gasteiger charge is -2.08. The lowest BCUT2D eigenvalue weighted by Crippen LogP contribution is -2.05. The number of methoxy groups -OCH3 is 2. The Morgan fingerprint density at radius 1 is 0.943 bits per heavy atom. The van der Waals surface area contributed by atoms with Crippen LogP contribution >= 0.6 is 11.6 Å². The maximum atomic E-state index is 12.3. The van der Waals surface area contributed by atoms with Gasteiger partial charge >= 0.3 is 11.9 Å². The van der Waals surface area contributed by atoms with Gasteiger partial charge in [-0.15, -0.1) is 0 Å². The van der Waals surface area contributed by atoms with Crippen LogP contribution in [0.25, 0.3) is 12.2 Å². The molecule has 4 rings (SSSR count). The molecule has 176 valence electrons. The summed E-state index contributed by atoms with van der Waals surface area (Å²) in [5.41, 5.74) is 2.16. The number of nitrogens with zero attached hydrogens (tertiary/aromatic N) is 1. The van der Waals surface area contributed by atoms with Crippen LogP contribution in [0.4, 0.5) is 0 Å². The molecule has 3 aromatic rings. The summed E-state index contributed by atoms with van der Waals surface area (Å²) in [4.78, 5) is 28.9. The summed E-state index contributed by atoms with van der Waals surface area (Å²) in [5, 5.41) is 0.609. The average Bonchev–Trinajstić information content (AvgIpc) is 3.24. The Labute approximate surface area is 206 Å². The number of benzene rings is 3. The molecule has 0 fully saturated rings. The van der Waals surface area contributed by atoms with E-state index in [4.69, 9.17) is 30.5 Å². The maximum absolute atomic E-state index is 12.3. The Morgan fingerprint density at radius 2 is 1.71 bits per heavy atom. The molecule has 8 heteroatoms. The number of ether oxygens (including phenoxy) is 4. The van der Waals surface area contributed by atoms with Crippen molar-refractivity contribution in [3.63, 3.8) is 0 Å². The van der Waals surface area contributed by atoms with Crippen LogP contribution in [-0.2, 0) is 14.3 Å². The number of cyclic esters (lactones) is 1. The van der Waals surface area contributed by atoms with E-state index in [9.17, 15) is 9.59 Å². The highest BCUT2D eigenvalue weighted by Crippen LogP contribution is 2.30. The highest BCUT2D eigenvalue weighted by Gasteiger charge is 2.24. The fourth-order valence-corrected chi connectivity index (χ4v) is 3.31. The number of esters is 2. The van der Waals surface area contributed by atoms with Crippen LogP contribution < -0.4 is 14.2 Å². The molecule has 35 heavy (non-hydrogen) atoms. The van der Waals surface area contributed by atoms with E-state index >= 15 is 0 Å². The van der Waals surface area contributed by atoms with Crippen LogP contribution in [0.3, 0.4) is 0 Å². The van der Waals surface area contributed by atoms with E-state index in [1.54, 1.807) is 86.0 Å². The third-order valence-corrected chi connectivity index (χ3v) is 5.17. The highest BCUT2D eigenvalue weighted by molar-refractivity contribution is 6.30. The number of carbonyl (C=O) groups excluding carboxylic acids is 2. The van der Waals surface area contributed by atoms with Gasteiger partial charge in [-0.3, -0.25) is 0 Å². The number of hydrogen-bond donors (Lipinski definition) is 0. The molecule has 1 aliphatic rings. The smallest absolute Gasteiger partial charge is 0.363 e. The third kappa shape index (κ3) is 5.96. The molecule has 0 saturated carbocycles. The van der Waals surface area contributed by atoms with Crippen LogP contribution in [-0.4, -0.2) is 32.1 Å². The van der Waals surface area contributed by atoms with Crippen molar-refractivity contribution >= 4 is 41.6 Å². The maximum Gasteiger partial charge on any atom is 0.363 e. The molecule has 0 radical (unpaired) electrons. The molecule has 7 nitrogen and oxygen atoms in total. The molecule has 1 aliphatic heterocycles. The summed E-state index contributed by atoms with van der Waals surface area (Å²) in [6, 6.07) is 19.0. The van der Waals surface area contributed by atoms with E-state index in [2.05, 4.69) is 4.99 Å². The van der Waals surface area contributed by atoms with Gasteiger partial charge in [0.2, 0.25) is 5.90 Å². The van der Waals surface area contributed by atoms with E-state index < -0.39 is 11.9 Å². The van der Waals surface area contributed by atoms with Crippen molar-refractivity contribution in [3.05, 3.63) is 100 Å². The summed E-state index contributed by atoms with van der Waals surface area (Å²) in [7, 11) is 3.01. The SMILES string of the molecule is COc1cccc(C2=N/C(=C\c3ccc(OC(=O)/C=C/c4ccc(Cl)cc4)c(OC)c3)C(=O)O2)c1. The number of halogens is 1. The second kappa shape index (κ2) is 10.7. The van der Waals surface area contributed by atoms with Gasteiger partial charge in [0.15, 0.2) is 17.2 Å². The van der Waals surface area contributed by atoms with E-state index in [1.807, 2.05) is 0 Å². The average molecular weight is 490 g/mol. The zero-order valence-corrected chi connectivity index (χ0v) is 19.6. The minimum atomic E-state index is -0.579. The Morgan fingerprint density at radius 3 is 2.46 bits per heavy atom. The standard InChI is InChI=1S/C27H20ClNO6/c1-32-21-5-3-4-19(16-21)26-29-22(27(31)35-26)14-18-8-12-23(24(15-18)33-2)34-25(30)13-9-17-6-10-20(28)11-7-17/h3-16H,1-2H3/b13-9+,22-14-. The first-order chi connectivity index (χ1) is 16.9. The summed E-state index contributed by atoms with van der Waals surface area (Å²) in [6.45, 7) is 0. The molecule has 0 unspecified atom stereocenters. The number of aliphatic imine (C=N–C) groups is 1. The molecular weight excluding hydrogens is 470 g/mol. The fourth-order valence-electron chi connectivity index (χ4n) is 3.19. The Hall–Kier alpha value is -4.36. The van der Waals surface area contributed by atoms with Crippen molar-refractivity contribution in [3.8, 4) is 17.2 Å². The predicted molar refractivity (Wildman–Crippen MR) is 133 cm³/mol. The minimum Gasteiger partial charge on any atom is -0.497 e. The quantitative estimate of drug-likeness (QED) is 0.254. The Balaban J connectivity index is 1.50. The van der Waals surface area contributed by atoms with Gasteiger partial charge in [-0.1, -0.05) is 35.9 Å². The van der Waals surface area contributed by atoms with Gasteiger partial charge in [-0.2, -0.15) is 0 Å². The van der Waals surface area contributed by atoms with Crippen LogP contribution in [0.2, 0.25) is 5.02 Å². The lowest BCUT2D eigenvalue weighted by atomic mass is 10.1. The summed E-state index contributed by atoms with van der Waals surface area (Å²) in [6.07, 6.45) is 4.49. The monoisotopic (exact) mass is 489 g/mol. The Kier molecular flexibility index (Phi) is 7.28. The van der Waals surface area contributed by atoms with Crippen LogP contribution in [0.1, 0.15) is 16.7 Å². The number of carbonyl (C=O) groups is 2. The molecule has 0 aromatic heterocycles. The molecule has 0 bridgehead atoms. The predicted octanol–water partition coefficient (Wildman–Crippen LogP) is 5.32. The van der Waals surface area contributed by atoms with Crippen molar-refractivity contribution in [1.82, 2.24) is 0 Å². The van der Waals surface area contributed by atoms with Crippen molar-refractivity contribution in [2.75, 3.05) is 14.2 Å². The molecule has 0 atom stereocenters. The second-order valence-electron chi connectivity index (χ2n) is 7.28. The van der Waals surface area contributed by atoms with Crippen LogP contribution in [0, 0.1) is 0 Å². The molecule has 0 N–H and O–H groups in total. The summed E-state index contributed by atoms with van der Waals surface area (Å²) < 4.78 is 21.3. The topological polar surface area (TPSA) is 83.4 Å². The van der Waals surface area contributed by atoms with E-state index in [1.165, 1.54) is 13.2 Å². The van der Waals surface area contributed by atoms with Crippen molar-refractivity contribution in [2.45, 2.75) is 0 Å². The van der Waals surface area contributed by atoms with Crippen molar-refractivity contribution < 1.29 is 28.5 Å².